The Kier molecular flexibility index (Phi) is 4.18. The van der Waals surface area contributed by atoms with Crippen molar-refractivity contribution in [1.82, 2.24) is 5.32 Å². The summed E-state index contributed by atoms with van der Waals surface area (Å²) < 4.78 is 9.87. The molecule has 0 bridgehead atoms. The molecule has 13 heavy (non-hydrogen) atoms. The lowest BCUT2D eigenvalue weighted by Gasteiger charge is -2.13. The number of ether oxygens (including phenoxy) is 2. The predicted octanol–water partition coefficient (Wildman–Crippen LogP) is 0.522. The standard InChI is InChI=1S/C9H17NO3/c1-12-9(13-2)6-10-8(11)5-7-3-4-7/h7,9H,3-6H2,1-2H3,(H,10,11). The summed E-state index contributed by atoms with van der Waals surface area (Å²) in [5.41, 5.74) is 0. The van der Waals surface area contributed by atoms with Crippen LogP contribution in [0.3, 0.4) is 0 Å². The summed E-state index contributed by atoms with van der Waals surface area (Å²) in [7, 11) is 3.11. The first-order valence-electron chi connectivity index (χ1n) is 4.58. The van der Waals surface area contributed by atoms with Crippen molar-refractivity contribution in [3.8, 4) is 0 Å². The zero-order valence-electron chi connectivity index (χ0n) is 8.21. The highest BCUT2D eigenvalue weighted by Crippen LogP contribution is 2.31. The van der Waals surface area contributed by atoms with E-state index in [9.17, 15) is 4.79 Å². The zero-order valence-corrected chi connectivity index (χ0v) is 8.21. The molecule has 1 aliphatic rings. The molecule has 1 N–H and O–H groups in total. The molecule has 1 rings (SSSR count). The Balaban J connectivity index is 2.05. The summed E-state index contributed by atoms with van der Waals surface area (Å²) in [5.74, 6) is 0.727. The lowest BCUT2D eigenvalue weighted by molar-refractivity contribution is -0.127. The van der Waals surface area contributed by atoms with Gasteiger partial charge in [-0.05, 0) is 18.8 Å². The summed E-state index contributed by atoms with van der Waals surface area (Å²) in [6, 6.07) is 0. The topological polar surface area (TPSA) is 47.6 Å². The molecule has 4 nitrogen and oxygen atoms in total. The van der Waals surface area contributed by atoms with Crippen LogP contribution in [-0.2, 0) is 14.3 Å². The molecular formula is C9H17NO3. The van der Waals surface area contributed by atoms with Crippen LogP contribution in [-0.4, -0.2) is 33.0 Å². The third-order valence-electron chi connectivity index (χ3n) is 2.16. The minimum Gasteiger partial charge on any atom is -0.354 e. The Morgan fingerprint density at radius 3 is 2.54 bits per heavy atom. The molecule has 0 atom stereocenters. The van der Waals surface area contributed by atoms with Crippen molar-refractivity contribution in [2.45, 2.75) is 25.6 Å². The maximum absolute atomic E-state index is 11.2. The highest BCUT2D eigenvalue weighted by atomic mass is 16.7. The maximum Gasteiger partial charge on any atom is 0.220 e. The van der Waals surface area contributed by atoms with Gasteiger partial charge in [-0.3, -0.25) is 4.79 Å². The minimum absolute atomic E-state index is 0.0987. The van der Waals surface area contributed by atoms with Crippen molar-refractivity contribution in [3.63, 3.8) is 0 Å². The van der Waals surface area contributed by atoms with Crippen LogP contribution >= 0.6 is 0 Å². The van der Waals surface area contributed by atoms with Gasteiger partial charge < -0.3 is 14.8 Å². The maximum atomic E-state index is 11.2. The van der Waals surface area contributed by atoms with E-state index >= 15 is 0 Å². The van der Waals surface area contributed by atoms with Crippen LogP contribution in [0.15, 0.2) is 0 Å². The van der Waals surface area contributed by atoms with E-state index in [-0.39, 0.29) is 12.2 Å². The van der Waals surface area contributed by atoms with Crippen LogP contribution in [0.2, 0.25) is 0 Å². The van der Waals surface area contributed by atoms with Crippen LogP contribution in [0, 0.1) is 5.92 Å². The number of carbonyl (C=O) groups excluding carboxylic acids is 1. The number of rotatable bonds is 6. The van der Waals surface area contributed by atoms with Gasteiger partial charge in [-0.2, -0.15) is 0 Å². The zero-order chi connectivity index (χ0) is 9.68. The van der Waals surface area contributed by atoms with Crippen molar-refractivity contribution < 1.29 is 14.3 Å². The lowest BCUT2D eigenvalue weighted by atomic mass is 10.3. The van der Waals surface area contributed by atoms with Gasteiger partial charge in [0.2, 0.25) is 5.91 Å². The first-order chi connectivity index (χ1) is 6.26. The normalized spacial score (nSPS) is 16.2. The predicted molar refractivity (Wildman–Crippen MR) is 48.2 cm³/mol. The molecule has 4 heteroatoms. The fourth-order valence-corrected chi connectivity index (χ4v) is 1.12. The molecule has 0 aromatic rings. The Hall–Kier alpha value is -0.610. The van der Waals surface area contributed by atoms with E-state index in [4.69, 9.17) is 9.47 Å². The second kappa shape index (κ2) is 5.19. The average molecular weight is 187 g/mol. The van der Waals surface area contributed by atoms with Gasteiger partial charge in [0.1, 0.15) is 0 Å². The molecule has 0 unspecified atom stereocenters. The van der Waals surface area contributed by atoms with Gasteiger partial charge in [0, 0.05) is 20.6 Å². The van der Waals surface area contributed by atoms with Gasteiger partial charge in [0.05, 0.1) is 6.54 Å². The molecule has 0 aromatic carbocycles. The lowest BCUT2D eigenvalue weighted by Crippen LogP contribution is -2.34. The van der Waals surface area contributed by atoms with Crippen LogP contribution in [0.4, 0.5) is 0 Å². The Morgan fingerprint density at radius 1 is 1.46 bits per heavy atom. The summed E-state index contributed by atoms with van der Waals surface area (Å²) in [6.07, 6.45) is 2.72. The van der Waals surface area contributed by atoms with Gasteiger partial charge in [-0.25, -0.2) is 0 Å². The van der Waals surface area contributed by atoms with E-state index in [1.165, 1.54) is 12.8 Å². The molecule has 1 amide bonds. The molecule has 1 fully saturated rings. The molecule has 0 spiro atoms. The first kappa shape index (κ1) is 10.5. The molecule has 76 valence electrons. The highest BCUT2D eigenvalue weighted by Gasteiger charge is 2.24. The summed E-state index contributed by atoms with van der Waals surface area (Å²) in [6.45, 7) is 0.429. The average Bonchev–Trinajstić information content (AvgIpc) is 2.90. The number of methoxy groups -OCH3 is 2. The third kappa shape index (κ3) is 4.24. The van der Waals surface area contributed by atoms with Gasteiger partial charge in [0.15, 0.2) is 6.29 Å². The molecule has 0 aliphatic heterocycles. The number of hydrogen-bond donors (Lipinski definition) is 1. The van der Waals surface area contributed by atoms with Crippen molar-refractivity contribution in [2.24, 2.45) is 5.92 Å². The van der Waals surface area contributed by atoms with E-state index < -0.39 is 0 Å². The van der Waals surface area contributed by atoms with Gasteiger partial charge in [0.25, 0.3) is 0 Å². The highest BCUT2D eigenvalue weighted by molar-refractivity contribution is 5.76. The third-order valence-corrected chi connectivity index (χ3v) is 2.16. The number of nitrogens with one attached hydrogen (secondary N) is 1. The first-order valence-corrected chi connectivity index (χ1v) is 4.58. The Bertz CT molecular complexity index is 164. The molecule has 0 radical (unpaired) electrons. The smallest absolute Gasteiger partial charge is 0.220 e. The van der Waals surface area contributed by atoms with E-state index in [1.807, 2.05) is 0 Å². The van der Waals surface area contributed by atoms with Crippen molar-refractivity contribution >= 4 is 5.91 Å². The molecule has 1 aliphatic carbocycles. The fourth-order valence-electron chi connectivity index (χ4n) is 1.12. The van der Waals surface area contributed by atoms with Crippen molar-refractivity contribution in [2.75, 3.05) is 20.8 Å². The summed E-state index contributed by atoms with van der Waals surface area (Å²) in [5, 5.41) is 2.77. The molecule has 0 heterocycles. The molecule has 0 aromatic heterocycles. The van der Waals surface area contributed by atoms with Crippen LogP contribution in [0.5, 0.6) is 0 Å². The van der Waals surface area contributed by atoms with Crippen LogP contribution in [0.25, 0.3) is 0 Å². The van der Waals surface area contributed by atoms with Gasteiger partial charge in [-0.1, -0.05) is 0 Å². The molecular weight excluding hydrogens is 170 g/mol. The molecule has 1 saturated carbocycles. The van der Waals surface area contributed by atoms with Crippen molar-refractivity contribution in [1.29, 1.82) is 0 Å². The number of amides is 1. The van der Waals surface area contributed by atoms with E-state index in [0.29, 0.717) is 18.9 Å². The second-order valence-electron chi connectivity index (χ2n) is 3.35. The van der Waals surface area contributed by atoms with E-state index in [2.05, 4.69) is 5.32 Å². The molecule has 0 saturated heterocycles. The van der Waals surface area contributed by atoms with E-state index in [0.717, 1.165) is 0 Å². The number of hydrogen-bond acceptors (Lipinski definition) is 3. The Labute approximate surface area is 78.6 Å². The fraction of sp³-hybridized carbons (Fsp3) is 0.889. The SMILES string of the molecule is COC(CNC(=O)CC1CC1)OC. The van der Waals surface area contributed by atoms with Crippen LogP contribution < -0.4 is 5.32 Å². The van der Waals surface area contributed by atoms with Gasteiger partial charge >= 0.3 is 0 Å². The Morgan fingerprint density at radius 2 is 2.08 bits per heavy atom. The second-order valence-corrected chi connectivity index (χ2v) is 3.35. The minimum atomic E-state index is -0.330. The summed E-state index contributed by atoms with van der Waals surface area (Å²) in [4.78, 5) is 11.2. The monoisotopic (exact) mass is 187 g/mol. The van der Waals surface area contributed by atoms with Gasteiger partial charge in [-0.15, -0.1) is 0 Å². The van der Waals surface area contributed by atoms with Crippen LogP contribution in [0.1, 0.15) is 19.3 Å². The van der Waals surface area contributed by atoms with E-state index in [1.54, 1.807) is 14.2 Å². The quantitative estimate of drug-likeness (QED) is 0.617. The van der Waals surface area contributed by atoms with Crippen molar-refractivity contribution in [3.05, 3.63) is 0 Å². The largest absolute Gasteiger partial charge is 0.354 e. The summed E-state index contributed by atoms with van der Waals surface area (Å²) >= 11 is 0. The number of carbonyl (C=O) groups is 1.